The molecule has 1 heterocycles. The van der Waals surface area contributed by atoms with Crippen molar-refractivity contribution in [2.75, 3.05) is 0 Å². The summed E-state index contributed by atoms with van der Waals surface area (Å²) in [6, 6.07) is 18.8. The van der Waals surface area contributed by atoms with Gasteiger partial charge in [0.1, 0.15) is 24.1 Å². The molecule has 0 amide bonds. The van der Waals surface area contributed by atoms with Crippen molar-refractivity contribution in [3.8, 4) is 22.9 Å². The third kappa shape index (κ3) is 3.13. The first-order chi connectivity index (χ1) is 11.7. The van der Waals surface area contributed by atoms with Crippen LogP contribution in [0.1, 0.15) is 21.6 Å². The van der Waals surface area contributed by atoms with Gasteiger partial charge in [-0.3, -0.25) is 0 Å². The van der Waals surface area contributed by atoms with Crippen LogP contribution in [0.15, 0.2) is 60.8 Å². The molecule has 0 unspecified atom stereocenters. The molecule has 0 spiro atoms. The number of carbonyl (C=O) groups is 1. The lowest BCUT2D eigenvalue weighted by molar-refractivity contribution is 0.0692. The molecule has 0 fully saturated rings. The second-order valence-electron chi connectivity index (χ2n) is 5.17. The summed E-state index contributed by atoms with van der Waals surface area (Å²) >= 11 is 0. The standard InChI is InChI=1S/C19H14N2O3/c20-10-15-11-21-18(19(22)23)17(15)14-6-8-16(9-7-14)24-12-13-4-2-1-3-5-13/h1-9,11,21H,12H2,(H,22,23). The average Bonchev–Trinajstić information content (AvgIpc) is 3.05. The van der Waals surface area contributed by atoms with E-state index in [1.165, 1.54) is 6.20 Å². The van der Waals surface area contributed by atoms with Crippen molar-refractivity contribution in [3.63, 3.8) is 0 Å². The number of nitrogens with zero attached hydrogens (tertiary/aromatic N) is 1. The molecule has 3 rings (SSSR count). The van der Waals surface area contributed by atoms with E-state index in [1.807, 2.05) is 36.4 Å². The summed E-state index contributed by atoms with van der Waals surface area (Å²) in [6.07, 6.45) is 1.40. The van der Waals surface area contributed by atoms with Crippen molar-refractivity contribution in [2.24, 2.45) is 0 Å². The van der Waals surface area contributed by atoms with E-state index < -0.39 is 5.97 Å². The lowest BCUT2D eigenvalue weighted by Gasteiger charge is -2.08. The Morgan fingerprint density at radius 2 is 1.83 bits per heavy atom. The largest absolute Gasteiger partial charge is 0.489 e. The minimum atomic E-state index is -1.10. The smallest absolute Gasteiger partial charge is 0.352 e. The van der Waals surface area contributed by atoms with Crippen molar-refractivity contribution in [1.82, 2.24) is 4.98 Å². The first-order valence-electron chi connectivity index (χ1n) is 7.31. The number of hydrogen-bond donors (Lipinski definition) is 2. The van der Waals surface area contributed by atoms with Gasteiger partial charge in [0.2, 0.25) is 0 Å². The fourth-order valence-electron chi connectivity index (χ4n) is 2.44. The summed E-state index contributed by atoms with van der Waals surface area (Å²) in [6.45, 7) is 0.453. The molecule has 5 heteroatoms. The summed E-state index contributed by atoms with van der Waals surface area (Å²) in [4.78, 5) is 13.9. The summed E-state index contributed by atoms with van der Waals surface area (Å²) in [5, 5.41) is 18.4. The zero-order valence-corrected chi connectivity index (χ0v) is 12.7. The van der Waals surface area contributed by atoms with Gasteiger partial charge in [-0.25, -0.2) is 4.79 Å². The third-order valence-electron chi connectivity index (χ3n) is 3.61. The molecular formula is C19H14N2O3. The van der Waals surface area contributed by atoms with Gasteiger partial charge in [0.15, 0.2) is 0 Å². The lowest BCUT2D eigenvalue weighted by Crippen LogP contribution is -1.99. The van der Waals surface area contributed by atoms with E-state index in [9.17, 15) is 9.90 Å². The van der Waals surface area contributed by atoms with Crippen molar-refractivity contribution in [3.05, 3.63) is 77.6 Å². The zero-order chi connectivity index (χ0) is 16.9. The Morgan fingerprint density at radius 1 is 1.12 bits per heavy atom. The Bertz CT molecular complexity index is 891. The second kappa shape index (κ2) is 6.71. The molecule has 2 N–H and O–H groups in total. The highest BCUT2D eigenvalue weighted by molar-refractivity contribution is 5.96. The number of carboxylic acid groups (broad SMARTS) is 1. The van der Waals surface area contributed by atoms with Crippen molar-refractivity contribution in [1.29, 1.82) is 5.26 Å². The van der Waals surface area contributed by atoms with Gasteiger partial charge in [0.25, 0.3) is 0 Å². The van der Waals surface area contributed by atoms with Crippen LogP contribution in [0.25, 0.3) is 11.1 Å². The molecule has 0 bridgehead atoms. The third-order valence-corrected chi connectivity index (χ3v) is 3.61. The number of aromatic nitrogens is 1. The highest BCUT2D eigenvalue weighted by Gasteiger charge is 2.18. The summed E-state index contributed by atoms with van der Waals surface area (Å²) < 4.78 is 5.71. The number of ether oxygens (including phenoxy) is 1. The van der Waals surface area contributed by atoms with Crippen LogP contribution in [0.2, 0.25) is 0 Å². The number of aromatic carboxylic acids is 1. The number of nitriles is 1. The van der Waals surface area contributed by atoms with E-state index in [1.54, 1.807) is 24.3 Å². The maximum Gasteiger partial charge on any atom is 0.352 e. The number of H-pyrrole nitrogens is 1. The number of carboxylic acids is 1. The Kier molecular flexibility index (Phi) is 4.30. The Hall–Kier alpha value is -3.52. The predicted molar refractivity (Wildman–Crippen MR) is 88.7 cm³/mol. The Labute approximate surface area is 138 Å². The maximum absolute atomic E-state index is 11.3. The molecule has 5 nitrogen and oxygen atoms in total. The van der Waals surface area contributed by atoms with Crippen LogP contribution in [-0.2, 0) is 6.61 Å². The minimum Gasteiger partial charge on any atom is -0.489 e. The molecule has 0 aliphatic heterocycles. The minimum absolute atomic E-state index is 0.00417. The number of aromatic amines is 1. The van der Waals surface area contributed by atoms with Gasteiger partial charge in [-0.15, -0.1) is 0 Å². The van der Waals surface area contributed by atoms with Crippen molar-refractivity contribution < 1.29 is 14.6 Å². The van der Waals surface area contributed by atoms with Crippen LogP contribution in [0.5, 0.6) is 5.75 Å². The van der Waals surface area contributed by atoms with E-state index in [2.05, 4.69) is 4.98 Å². The van der Waals surface area contributed by atoms with Gasteiger partial charge in [0, 0.05) is 11.8 Å². The highest BCUT2D eigenvalue weighted by atomic mass is 16.5. The molecule has 0 saturated heterocycles. The number of rotatable bonds is 5. The molecule has 0 aliphatic rings. The molecule has 118 valence electrons. The summed E-state index contributed by atoms with van der Waals surface area (Å²) in [7, 11) is 0. The maximum atomic E-state index is 11.3. The monoisotopic (exact) mass is 318 g/mol. The SMILES string of the molecule is N#Cc1c[nH]c(C(=O)O)c1-c1ccc(OCc2ccccc2)cc1. The normalized spacial score (nSPS) is 10.1. The quantitative estimate of drug-likeness (QED) is 0.748. The van der Waals surface area contributed by atoms with E-state index >= 15 is 0 Å². The average molecular weight is 318 g/mol. The number of hydrogen-bond acceptors (Lipinski definition) is 3. The van der Waals surface area contributed by atoms with Gasteiger partial charge in [-0.2, -0.15) is 5.26 Å². The number of benzene rings is 2. The van der Waals surface area contributed by atoms with E-state index in [0.717, 1.165) is 5.56 Å². The summed E-state index contributed by atoms with van der Waals surface area (Å²) in [5.74, 6) is -0.426. The molecule has 1 aromatic heterocycles. The first kappa shape index (κ1) is 15.4. The zero-order valence-electron chi connectivity index (χ0n) is 12.7. The van der Waals surface area contributed by atoms with Crippen LogP contribution in [0.4, 0.5) is 0 Å². The molecule has 0 radical (unpaired) electrons. The molecule has 0 aliphatic carbocycles. The predicted octanol–water partition coefficient (Wildman–Crippen LogP) is 3.83. The van der Waals surface area contributed by atoms with Gasteiger partial charge >= 0.3 is 5.97 Å². The molecule has 0 atom stereocenters. The van der Waals surface area contributed by atoms with Crippen molar-refractivity contribution >= 4 is 5.97 Å². The van der Waals surface area contributed by atoms with Gasteiger partial charge < -0.3 is 14.8 Å². The highest BCUT2D eigenvalue weighted by Crippen LogP contribution is 2.29. The fourth-order valence-corrected chi connectivity index (χ4v) is 2.44. The Morgan fingerprint density at radius 3 is 2.46 bits per heavy atom. The number of nitrogens with one attached hydrogen (secondary N) is 1. The molecular weight excluding hydrogens is 304 g/mol. The topological polar surface area (TPSA) is 86.1 Å². The van der Waals surface area contributed by atoms with Crippen molar-refractivity contribution in [2.45, 2.75) is 6.61 Å². The van der Waals surface area contributed by atoms with E-state index in [-0.39, 0.29) is 5.69 Å². The second-order valence-corrected chi connectivity index (χ2v) is 5.17. The molecule has 24 heavy (non-hydrogen) atoms. The molecule has 0 saturated carbocycles. The summed E-state index contributed by atoms with van der Waals surface area (Å²) in [5.41, 5.74) is 2.40. The molecule has 3 aromatic rings. The van der Waals surface area contributed by atoms with Crippen LogP contribution < -0.4 is 4.74 Å². The van der Waals surface area contributed by atoms with Gasteiger partial charge in [-0.05, 0) is 23.3 Å². The van der Waals surface area contributed by atoms with Crippen LogP contribution in [0.3, 0.4) is 0 Å². The lowest BCUT2D eigenvalue weighted by atomic mass is 10.0. The first-order valence-corrected chi connectivity index (χ1v) is 7.31. The van der Waals surface area contributed by atoms with Gasteiger partial charge in [0.05, 0.1) is 5.56 Å². The molecule has 2 aromatic carbocycles. The van der Waals surface area contributed by atoms with Crippen LogP contribution in [0, 0.1) is 11.3 Å². The van der Waals surface area contributed by atoms with E-state index in [4.69, 9.17) is 10.00 Å². The Balaban J connectivity index is 1.81. The van der Waals surface area contributed by atoms with Gasteiger partial charge in [-0.1, -0.05) is 42.5 Å². The van der Waals surface area contributed by atoms with Crippen LogP contribution >= 0.6 is 0 Å². The van der Waals surface area contributed by atoms with E-state index in [0.29, 0.717) is 29.0 Å². The van der Waals surface area contributed by atoms with Crippen LogP contribution in [-0.4, -0.2) is 16.1 Å². The fraction of sp³-hybridized carbons (Fsp3) is 0.0526.